The van der Waals surface area contributed by atoms with Crippen LogP contribution in [0.4, 0.5) is 0 Å². The molecule has 16 heteroatoms. The van der Waals surface area contributed by atoms with Crippen LogP contribution in [0.15, 0.2) is 24.3 Å². The molecule has 308 valence electrons. The van der Waals surface area contributed by atoms with Gasteiger partial charge in [-0.3, -0.25) is 19.9 Å². The van der Waals surface area contributed by atoms with Crippen molar-refractivity contribution in [2.45, 2.75) is 74.1 Å². The van der Waals surface area contributed by atoms with Crippen molar-refractivity contribution in [1.82, 2.24) is 20.1 Å². The van der Waals surface area contributed by atoms with E-state index >= 15 is 4.79 Å². The first-order valence-electron chi connectivity index (χ1n) is 19.8. The molecule has 0 aliphatic carbocycles. The summed E-state index contributed by atoms with van der Waals surface area (Å²) in [6, 6.07) is 8.47. The molecule has 4 bridgehead atoms. The molecule has 2 unspecified atom stereocenters. The molecule has 9 heterocycles. The van der Waals surface area contributed by atoms with Crippen molar-refractivity contribution in [3.05, 3.63) is 68.9 Å². The molecule has 8 aliphatic rings. The monoisotopic (exact) mass is 822 g/mol. The molecule has 15 nitrogen and oxygen atoms in total. The number of thioether (sulfide) groups is 1. The van der Waals surface area contributed by atoms with E-state index in [1.54, 1.807) is 7.11 Å². The highest BCUT2D eigenvalue weighted by atomic mass is 32.2. The first kappa shape index (κ1) is 38.0. The molecular weight excluding hydrogens is 777 g/mol. The van der Waals surface area contributed by atoms with Gasteiger partial charge in [0.25, 0.3) is 0 Å². The fourth-order valence-corrected chi connectivity index (χ4v) is 12.8. The highest BCUT2D eigenvalue weighted by Gasteiger charge is 2.64. The maximum absolute atomic E-state index is 15.2. The summed E-state index contributed by atoms with van der Waals surface area (Å²) < 4.78 is 36.6. The van der Waals surface area contributed by atoms with E-state index in [9.17, 15) is 15.2 Å². The minimum absolute atomic E-state index is 0.0241. The fourth-order valence-electron chi connectivity index (χ4n) is 11.2. The van der Waals surface area contributed by atoms with E-state index in [0.717, 1.165) is 27.6 Å². The number of phenolic OH excluding ortho intramolecular Hbond substituents is 1. The molecule has 0 saturated carbocycles. The lowest BCUT2D eigenvalue weighted by atomic mass is 9.76. The molecule has 8 aliphatic heterocycles. The number of nitrogens with two attached hydrogens (primary N) is 1. The first-order chi connectivity index (χ1) is 28.4. The van der Waals surface area contributed by atoms with Crippen LogP contribution in [0, 0.1) is 25.2 Å². The summed E-state index contributed by atoms with van der Waals surface area (Å²) in [5.41, 5.74) is 10.6. The number of hydrogen-bond acceptors (Lipinski definition) is 15. The molecule has 0 radical (unpaired) electrons. The summed E-state index contributed by atoms with van der Waals surface area (Å²) in [6.45, 7) is 5.44. The quantitative estimate of drug-likeness (QED) is 0.170. The number of methoxy groups -OCH3 is 2. The molecule has 8 atom stereocenters. The Morgan fingerprint density at radius 3 is 2.64 bits per heavy atom. The highest BCUT2D eigenvalue weighted by molar-refractivity contribution is 7.99. The Kier molecular flexibility index (Phi) is 8.65. The molecule has 4 aromatic rings. The van der Waals surface area contributed by atoms with Crippen LogP contribution in [0.5, 0.6) is 34.5 Å². The van der Waals surface area contributed by atoms with Gasteiger partial charge in [0.15, 0.2) is 28.5 Å². The van der Waals surface area contributed by atoms with Crippen molar-refractivity contribution in [2.75, 3.05) is 53.5 Å². The molecule has 1 aromatic heterocycles. The number of aromatic hydroxyl groups is 1. The number of nitrogens with one attached hydrogen (secondary N) is 2. The van der Waals surface area contributed by atoms with E-state index in [4.69, 9.17) is 34.2 Å². The Hall–Kier alpha value is -5.18. The standard InChI is InChI=1S/C43H46N6O9S/c1-19-9-22-12-42(15-45)16-48(4)32(29(22)34(51)35(19)54-6)33-39-31-30(38-37(56-18-57-38)20(2)36(31)58-21(3)50)28(49(33)42)14-55-41(52)43(17-59-39)40-26(10-23(13-44)47-43)25-11-24(53-5)7-8-27(25)46-40/h7-9,11,23,28,32-33,39,46-47,51H,10,12-14,16-18,44H2,1-6H3/t23-,28+,32+,33-,39-,42?,43-/m1/s1. The predicted molar refractivity (Wildman–Crippen MR) is 216 cm³/mol. The van der Waals surface area contributed by atoms with Crippen molar-refractivity contribution in [3.8, 4) is 40.6 Å². The SMILES string of the molecule is COc1ccc2[nH]c3c(c2c1)C[C@H](CN)N[C@]31CS[C@@H]2c3c(OC(C)=O)c(C)c4c(c3[C@H](COC1=O)N1[C@@H]2[C@@H]2c3c(cc(C)c(OC)c3O)CC1(C#N)CN2C)OCO4. The molecule has 12 rings (SSSR count). The van der Waals surface area contributed by atoms with Crippen molar-refractivity contribution >= 4 is 34.6 Å². The number of nitrogens with zero attached hydrogens (tertiary/aromatic N) is 3. The number of esters is 2. The maximum Gasteiger partial charge on any atom is 0.333 e. The molecule has 5 N–H and O–H groups in total. The number of carbonyl (C=O) groups is 2. The smallest absolute Gasteiger partial charge is 0.333 e. The molecule has 2 saturated heterocycles. The second-order valence-electron chi connectivity index (χ2n) is 16.6. The second kappa shape index (κ2) is 13.4. The number of H-pyrrole nitrogens is 1. The molecule has 1 spiro atoms. The average Bonchev–Trinajstić information content (AvgIpc) is 3.80. The van der Waals surface area contributed by atoms with E-state index in [0.29, 0.717) is 69.7 Å². The number of phenols is 1. The zero-order valence-electron chi connectivity index (χ0n) is 33.7. The number of carbonyl (C=O) groups excluding carboxylic acids is 2. The van der Waals surface area contributed by atoms with Crippen molar-refractivity contribution < 1.29 is 43.1 Å². The van der Waals surface area contributed by atoms with Crippen LogP contribution in [-0.4, -0.2) is 103 Å². The minimum Gasteiger partial charge on any atom is -0.504 e. The Labute approximate surface area is 345 Å². The third kappa shape index (κ3) is 5.15. The van der Waals surface area contributed by atoms with Gasteiger partial charge < -0.3 is 44.2 Å². The summed E-state index contributed by atoms with van der Waals surface area (Å²) >= 11 is 1.51. The van der Waals surface area contributed by atoms with Gasteiger partial charge in [-0.05, 0) is 62.2 Å². The van der Waals surface area contributed by atoms with Crippen molar-refractivity contribution in [2.24, 2.45) is 5.73 Å². The lowest BCUT2D eigenvalue weighted by molar-refractivity contribution is -0.158. The first-order valence-corrected chi connectivity index (χ1v) is 20.8. The van der Waals surface area contributed by atoms with E-state index in [1.807, 2.05) is 45.2 Å². The number of hydrogen-bond donors (Lipinski definition) is 4. The number of rotatable bonds is 4. The zero-order chi connectivity index (χ0) is 41.3. The Bertz CT molecular complexity index is 2540. The van der Waals surface area contributed by atoms with Gasteiger partial charge in [-0.2, -0.15) is 5.26 Å². The van der Waals surface area contributed by atoms with Crippen LogP contribution < -0.4 is 34.7 Å². The van der Waals surface area contributed by atoms with E-state index < -0.39 is 46.4 Å². The van der Waals surface area contributed by atoms with Crippen LogP contribution in [0.2, 0.25) is 0 Å². The van der Waals surface area contributed by atoms with Crippen LogP contribution in [-0.2, 0) is 32.7 Å². The van der Waals surface area contributed by atoms with Gasteiger partial charge >= 0.3 is 11.9 Å². The molecule has 59 heavy (non-hydrogen) atoms. The normalized spacial score (nSPS) is 30.1. The van der Waals surface area contributed by atoms with Gasteiger partial charge in [-0.15, -0.1) is 11.8 Å². The molecular formula is C43H46N6O9S. The number of ether oxygens (including phenoxy) is 6. The Balaban J connectivity index is 1.26. The number of aromatic amines is 1. The summed E-state index contributed by atoms with van der Waals surface area (Å²) in [6.07, 6.45) is 0.845. The highest BCUT2D eigenvalue weighted by Crippen LogP contribution is 2.65. The lowest BCUT2D eigenvalue weighted by Crippen LogP contribution is -2.69. The van der Waals surface area contributed by atoms with E-state index in [-0.39, 0.29) is 43.9 Å². The van der Waals surface area contributed by atoms with Gasteiger partial charge in [0.2, 0.25) is 6.79 Å². The maximum atomic E-state index is 15.2. The number of nitriles is 1. The summed E-state index contributed by atoms with van der Waals surface area (Å²) in [7, 11) is 5.14. The van der Waals surface area contributed by atoms with Gasteiger partial charge in [-0.1, -0.05) is 6.07 Å². The molecule has 2 fully saturated rings. The van der Waals surface area contributed by atoms with Crippen LogP contribution >= 0.6 is 11.8 Å². The van der Waals surface area contributed by atoms with E-state index in [1.165, 1.54) is 25.8 Å². The predicted octanol–water partition coefficient (Wildman–Crippen LogP) is 4.09. The Morgan fingerprint density at radius 1 is 1.12 bits per heavy atom. The number of fused-ring (bicyclic) bond motifs is 8. The van der Waals surface area contributed by atoms with Gasteiger partial charge in [0.1, 0.15) is 23.6 Å². The average molecular weight is 823 g/mol. The summed E-state index contributed by atoms with van der Waals surface area (Å²) in [5, 5.41) is 27.7. The van der Waals surface area contributed by atoms with E-state index in [2.05, 4.69) is 26.2 Å². The number of aryl methyl sites for hydroxylation is 1. The van der Waals surface area contributed by atoms with Gasteiger partial charge in [-0.25, -0.2) is 4.79 Å². The number of likely N-dealkylation sites (N-methyl/N-ethyl adjacent to an activating group) is 1. The summed E-state index contributed by atoms with van der Waals surface area (Å²) in [4.78, 5) is 36.2. The number of benzene rings is 3. The minimum atomic E-state index is -1.40. The van der Waals surface area contributed by atoms with Crippen molar-refractivity contribution in [3.63, 3.8) is 0 Å². The third-order valence-corrected chi connectivity index (χ3v) is 14.9. The lowest BCUT2D eigenvalue weighted by Gasteiger charge is -2.60. The van der Waals surface area contributed by atoms with Crippen LogP contribution in [0.3, 0.4) is 0 Å². The van der Waals surface area contributed by atoms with Crippen LogP contribution in [0.1, 0.15) is 68.9 Å². The molecule has 0 amide bonds. The zero-order valence-corrected chi connectivity index (χ0v) is 34.5. The summed E-state index contributed by atoms with van der Waals surface area (Å²) in [5.74, 6) is 1.48. The Morgan fingerprint density at radius 2 is 1.92 bits per heavy atom. The number of piperazine rings is 1. The number of aromatic nitrogens is 1. The van der Waals surface area contributed by atoms with Crippen molar-refractivity contribution in [1.29, 1.82) is 5.26 Å². The second-order valence-corrected chi connectivity index (χ2v) is 17.7. The fraction of sp³-hybridized carbons (Fsp3) is 0.465. The largest absolute Gasteiger partial charge is 0.504 e. The van der Waals surface area contributed by atoms with Gasteiger partial charge in [0.05, 0.1) is 43.3 Å². The van der Waals surface area contributed by atoms with Gasteiger partial charge in [0, 0.05) is 77.4 Å². The third-order valence-electron chi connectivity index (χ3n) is 13.4. The topological polar surface area (TPSA) is 194 Å². The van der Waals surface area contributed by atoms with Crippen LogP contribution in [0.25, 0.3) is 10.9 Å². The molecule has 3 aromatic carbocycles.